The second-order valence-corrected chi connectivity index (χ2v) is 4.45. The van der Waals surface area contributed by atoms with Gasteiger partial charge in [-0.15, -0.1) is 0 Å². The van der Waals surface area contributed by atoms with E-state index in [1.165, 1.54) is 4.90 Å². The molecule has 0 saturated carbocycles. The van der Waals surface area contributed by atoms with Gasteiger partial charge in [0.25, 0.3) is 11.7 Å². The van der Waals surface area contributed by atoms with E-state index in [1.54, 1.807) is 19.9 Å². The summed E-state index contributed by atoms with van der Waals surface area (Å²) in [4.78, 5) is 36.7. The van der Waals surface area contributed by atoms with Gasteiger partial charge >= 0.3 is 5.97 Å². The molecule has 1 aromatic carbocycles. The molecule has 1 aliphatic heterocycles. The van der Waals surface area contributed by atoms with Gasteiger partial charge in [-0.25, -0.2) is 0 Å². The zero-order valence-electron chi connectivity index (χ0n) is 11.1. The number of anilines is 1. The normalized spacial score (nSPS) is 13.7. The molecule has 0 fully saturated rings. The lowest BCUT2D eigenvalue weighted by atomic mass is 10.0. The van der Waals surface area contributed by atoms with Crippen LogP contribution in [0.25, 0.3) is 0 Å². The number of hydrogen-bond donors (Lipinski definition) is 0. The number of carbonyl (C=O) groups is 3. The largest absolute Gasteiger partial charge is 0.465 e. The van der Waals surface area contributed by atoms with Gasteiger partial charge in [0, 0.05) is 0 Å². The predicted octanol–water partition coefficient (Wildman–Crippen LogP) is 1.40. The number of nitrogens with zero attached hydrogens (tertiary/aromatic N) is 1. The lowest BCUT2D eigenvalue weighted by molar-refractivity contribution is -0.142. The summed E-state index contributed by atoms with van der Waals surface area (Å²) >= 11 is 0. The van der Waals surface area contributed by atoms with Crippen molar-refractivity contribution in [3.63, 3.8) is 0 Å². The van der Waals surface area contributed by atoms with E-state index < -0.39 is 17.7 Å². The van der Waals surface area contributed by atoms with Crippen LogP contribution in [0.4, 0.5) is 5.69 Å². The molecule has 0 radical (unpaired) electrons. The number of rotatable bonds is 3. The molecule has 5 nitrogen and oxygen atoms in total. The zero-order valence-corrected chi connectivity index (χ0v) is 11.1. The first-order valence-electron chi connectivity index (χ1n) is 6.09. The van der Waals surface area contributed by atoms with Gasteiger partial charge < -0.3 is 4.74 Å². The highest BCUT2D eigenvalue weighted by atomic mass is 16.5. The van der Waals surface area contributed by atoms with E-state index in [2.05, 4.69) is 0 Å². The zero-order chi connectivity index (χ0) is 14.2. The summed E-state index contributed by atoms with van der Waals surface area (Å²) in [5, 5.41) is 0. The van der Waals surface area contributed by atoms with Crippen LogP contribution in [0.15, 0.2) is 12.1 Å². The van der Waals surface area contributed by atoms with Gasteiger partial charge in [-0.2, -0.15) is 0 Å². The van der Waals surface area contributed by atoms with Crippen LogP contribution in [-0.2, 0) is 14.3 Å². The number of fused-ring (bicyclic) bond motifs is 1. The number of benzene rings is 1. The third-order valence-electron chi connectivity index (χ3n) is 3.12. The maximum Gasteiger partial charge on any atom is 0.326 e. The topological polar surface area (TPSA) is 63.7 Å². The molecule has 0 spiro atoms. The van der Waals surface area contributed by atoms with Gasteiger partial charge in [0.05, 0.1) is 17.9 Å². The number of esters is 1. The average Bonchev–Trinajstić information content (AvgIpc) is 2.60. The highest BCUT2D eigenvalue weighted by Crippen LogP contribution is 2.34. The van der Waals surface area contributed by atoms with Crippen LogP contribution in [-0.4, -0.2) is 30.8 Å². The Labute approximate surface area is 111 Å². The molecule has 0 saturated heterocycles. The van der Waals surface area contributed by atoms with E-state index >= 15 is 0 Å². The first-order valence-corrected chi connectivity index (χ1v) is 6.09. The SMILES string of the molecule is CCOC(=O)CN1C(=O)C(=O)c2c(C)ccc(C)c21. The summed E-state index contributed by atoms with van der Waals surface area (Å²) in [6.45, 7) is 5.29. The first-order chi connectivity index (χ1) is 8.97. The van der Waals surface area contributed by atoms with Crippen LogP contribution in [0, 0.1) is 13.8 Å². The maximum atomic E-state index is 12.0. The van der Waals surface area contributed by atoms with E-state index in [4.69, 9.17) is 4.74 Å². The summed E-state index contributed by atoms with van der Waals surface area (Å²) in [5.74, 6) is -1.74. The first kappa shape index (κ1) is 13.3. The van der Waals surface area contributed by atoms with Crippen LogP contribution in [0.2, 0.25) is 0 Å². The summed E-state index contributed by atoms with van der Waals surface area (Å²) in [6, 6.07) is 3.63. The monoisotopic (exact) mass is 261 g/mol. The highest BCUT2D eigenvalue weighted by Gasteiger charge is 2.39. The van der Waals surface area contributed by atoms with Gasteiger partial charge in [0.2, 0.25) is 0 Å². The van der Waals surface area contributed by atoms with Crippen LogP contribution in [0.5, 0.6) is 0 Å². The Morgan fingerprint density at radius 2 is 1.84 bits per heavy atom. The number of aryl methyl sites for hydroxylation is 2. The second kappa shape index (κ2) is 4.84. The smallest absolute Gasteiger partial charge is 0.326 e. The lowest BCUT2D eigenvalue weighted by Gasteiger charge is -2.17. The van der Waals surface area contributed by atoms with Crippen LogP contribution in [0.1, 0.15) is 28.4 Å². The molecule has 0 aliphatic carbocycles. The third-order valence-corrected chi connectivity index (χ3v) is 3.12. The molecule has 1 amide bonds. The quantitative estimate of drug-likeness (QED) is 0.609. The minimum Gasteiger partial charge on any atom is -0.465 e. The van der Waals surface area contributed by atoms with Gasteiger partial charge in [0.1, 0.15) is 6.54 Å². The summed E-state index contributed by atoms with van der Waals surface area (Å²) in [7, 11) is 0. The fourth-order valence-electron chi connectivity index (χ4n) is 2.25. The third kappa shape index (κ3) is 2.12. The Hall–Kier alpha value is -2.17. The van der Waals surface area contributed by atoms with Crippen molar-refractivity contribution in [2.75, 3.05) is 18.1 Å². The minimum atomic E-state index is -0.666. The fourth-order valence-corrected chi connectivity index (χ4v) is 2.25. The van der Waals surface area contributed by atoms with E-state index in [9.17, 15) is 14.4 Å². The molecule has 0 unspecified atom stereocenters. The van der Waals surface area contributed by atoms with Gasteiger partial charge in [-0.3, -0.25) is 19.3 Å². The van der Waals surface area contributed by atoms with Gasteiger partial charge in [-0.05, 0) is 31.9 Å². The molecule has 19 heavy (non-hydrogen) atoms. The average molecular weight is 261 g/mol. The van der Waals surface area contributed by atoms with Crippen molar-refractivity contribution in [1.29, 1.82) is 0 Å². The number of Topliss-reactive ketones (excluding diaryl/α,β-unsaturated/α-hetero) is 1. The van der Waals surface area contributed by atoms with E-state index in [1.807, 2.05) is 13.0 Å². The molecule has 1 aliphatic rings. The van der Waals surface area contributed by atoms with E-state index in [-0.39, 0.29) is 13.2 Å². The molecule has 1 heterocycles. The van der Waals surface area contributed by atoms with Crippen molar-refractivity contribution in [2.24, 2.45) is 0 Å². The number of amides is 1. The predicted molar refractivity (Wildman–Crippen MR) is 69.2 cm³/mol. The number of ether oxygens (including phenoxy) is 1. The summed E-state index contributed by atoms with van der Waals surface area (Å²) in [5.41, 5.74) is 2.46. The Balaban J connectivity index is 2.44. The summed E-state index contributed by atoms with van der Waals surface area (Å²) < 4.78 is 4.83. The highest BCUT2D eigenvalue weighted by molar-refractivity contribution is 6.53. The van der Waals surface area contributed by atoms with Gasteiger partial charge in [0.15, 0.2) is 0 Å². The molecule has 100 valence electrons. The molecular weight excluding hydrogens is 246 g/mol. The Kier molecular flexibility index (Phi) is 3.38. The molecule has 0 bridgehead atoms. The maximum absolute atomic E-state index is 12.0. The minimum absolute atomic E-state index is 0.226. The second-order valence-electron chi connectivity index (χ2n) is 4.45. The van der Waals surface area contributed by atoms with Crippen LogP contribution >= 0.6 is 0 Å². The molecule has 2 rings (SSSR count). The fraction of sp³-hybridized carbons (Fsp3) is 0.357. The number of hydrogen-bond acceptors (Lipinski definition) is 4. The van der Waals surface area contributed by atoms with Gasteiger partial charge in [-0.1, -0.05) is 12.1 Å². The Morgan fingerprint density at radius 1 is 1.21 bits per heavy atom. The Morgan fingerprint density at radius 3 is 2.47 bits per heavy atom. The summed E-state index contributed by atoms with van der Waals surface area (Å²) in [6.07, 6.45) is 0. The number of carbonyl (C=O) groups excluding carboxylic acids is 3. The lowest BCUT2D eigenvalue weighted by Crippen LogP contribution is -2.35. The van der Waals surface area contributed by atoms with Crippen molar-refractivity contribution < 1.29 is 19.1 Å². The number of ketones is 1. The standard InChI is InChI=1S/C14H15NO4/c1-4-19-10(16)7-15-12-9(3)6-5-8(2)11(12)13(17)14(15)18/h5-6H,4,7H2,1-3H3. The van der Waals surface area contributed by atoms with Crippen molar-refractivity contribution in [2.45, 2.75) is 20.8 Å². The molecule has 5 heteroatoms. The molecule has 0 atom stereocenters. The molecule has 1 aromatic rings. The van der Waals surface area contributed by atoms with Crippen molar-refractivity contribution in [3.05, 3.63) is 28.8 Å². The Bertz CT molecular complexity index is 577. The van der Waals surface area contributed by atoms with E-state index in [0.717, 1.165) is 11.1 Å². The molecule has 0 aromatic heterocycles. The van der Waals surface area contributed by atoms with Crippen LogP contribution < -0.4 is 4.90 Å². The van der Waals surface area contributed by atoms with Crippen molar-refractivity contribution in [1.82, 2.24) is 0 Å². The van der Waals surface area contributed by atoms with Crippen molar-refractivity contribution >= 4 is 23.3 Å². The van der Waals surface area contributed by atoms with Crippen LogP contribution in [0.3, 0.4) is 0 Å². The molecular formula is C14H15NO4. The van der Waals surface area contributed by atoms with E-state index in [0.29, 0.717) is 11.3 Å². The van der Waals surface area contributed by atoms with Crippen molar-refractivity contribution in [3.8, 4) is 0 Å². The molecule has 0 N–H and O–H groups in total.